The number of nitriles is 1. The van der Waals surface area contributed by atoms with Crippen LogP contribution < -0.4 is 22.0 Å². The molecule has 18 nitrogen and oxygen atoms in total. The molecule has 4 aromatic rings. The number of hydrogen-bond acceptors (Lipinski definition) is 14. The first-order chi connectivity index (χ1) is 31.2. The van der Waals surface area contributed by atoms with Crippen LogP contribution in [-0.4, -0.2) is 96.1 Å². The summed E-state index contributed by atoms with van der Waals surface area (Å²) in [6, 6.07) is 19.5. The van der Waals surface area contributed by atoms with Crippen molar-refractivity contribution in [3.05, 3.63) is 116 Å². The molecule has 4 aliphatic heterocycles. The molecule has 2 aliphatic carbocycles. The number of ether oxygens (including phenoxy) is 4. The maximum Gasteiger partial charge on any atom is 0.351 e. The van der Waals surface area contributed by atoms with E-state index < -0.39 is 79.0 Å². The first-order valence-corrected chi connectivity index (χ1v) is 23.6. The van der Waals surface area contributed by atoms with E-state index in [4.69, 9.17) is 33.3 Å². The van der Waals surface area contributed by atoms with Crippen molar-refractivity contribution >= 4 is 31.8 Å². The van der Waals surface area contributed by atoms with Gasteiger partial charge in [0.2, 0.25) is 0 Å². The van der Waals surface area contributed by atoms with Gasteiger partial charge in [-0.25, -0.2) is 9.59 Å². The third kappa shape index (κ3) is 7.61. The minimum Gasteiger partial charge on any atom is -0.387 e. The lowest BCUT2D eigenvalue weighted by atomic mass is 9.88. The molecular weight excluding hydrogens is 858 g/mol. The second kappa shape index (κ2) is 17.2. The number of hydrogen-bond donors (Lipinski definition) is 3. The number of aliphatic hydroxyl groups is 1. The van der Waals surface area contributed by atoms with Crippen LogP contribution in [0.2, 0.25) is 0 Å². The number of aromatic nitrogens is 4. The molecule has 2 spiro atoms. The molecule has 0 radical (unpaired) electrons. The number of fused-ring (bicyclic) bond motifs is 6. The number of nitrogens with zero attached hydrogens (tertiary/aromatic N) is 5. The molecule has 9 atom stereocenters. The highest BCUT2D eigenvalue weighted by molar-refractivity contribution is 7.46. The Bertz CT molecular complexity index is 2640. The maximum absolute atomic E-state index is 13.1. The van der Waals surface area contributed by atoms with Crippen molar-refractivity contribution in [1.29, 1.82) is 5.26 Å². The lowest BCUT2D eigenvalue weighted by Gasteiger charge is -2.38. The van der Waals surface area contributed by atoms with E-state index >= 15 is 0 Å². The fourth-order valence-corrected chi connectivity index (χ4v) is 11.1. The lowest BCUT2D eigenvalue weighted by Crippen LogP contribution is -2.49. The molecular formula is C46H52N7O11P. The highest BCUT2D eigenvalue weighted by Gasteiger charge is 2.79. The zero-order valence-electron chi connectivity index (χ0n) is 36.8. The molecule has 2 aromatic heterocycles. The zero-order chi connectivity index (χ0) is 45.9. The number of rotatable bonds is 13. The molecule has 2 amide bonds. The zero-order valence-corrected chi connectivity index (χ0v) is 37.7. The Balaban J connectivity index is 0.000000168. The van der Waals surface area contributed by atoms with Crippen LogP contribution in [0, 0.1) is 25.2 Å². The first-order valence-electron chi connectivity index (χ1n) is 22.0. The summed E-state index contributed by atoms with van der Waals surface area (Å²) in [6.45, 7) is 9.68. The molecule has 10 rings (SSSR count). The molecule has 65 heavy (non-hydrogen) atoms. The summed E-state index contributed by atoms with van der Waals surface area (Å²) >= 11 is 0. The average molecular weight is 910 g/mol. The van der Waals surface area contributed by atoms with Crippen LogP contribution in [0.1, 0.15) is 103 Å². The second-order valence-electron chi connectivity index (χ2n) is 17.4. The lowest BCUT2D eigenvalue weighted by molar-refractivity contribution is -0.226. The molecule has 19 heteroatoms. The number of benzene rings is 2. The molecule has 2 saturated carbocycles. The Morgan fingerprint density at radius 1 is 0.785 bits per heavy atom. The Kier molecular flexibility index (Phi) is 11.9. The van der Waals surface area contributed by atoms with Gasteiger partial charge < -0.3 is 43.7 Å². The van der Waals surface area contributed by atoms with E-state index in [9.17, 15) is 24.3 Å². The molecule has 3 unspecified atom stereocenters. The predicted molar refractivity (Wildman–Crippen MR) is 235 cm³/mol. The molecule has 6 aliphatic rings. The summed E-state index contributed by atoms with van der Waals surface area (Å²) in [5.41, 5.74) is -1.25. The van der Waals surface area contributed by atoms with Crippen molar-refractivity contribution in [2.45, 2.75) is 132 Å². The van der Waals surface area contributed by atoms with Crippen LogP contribution >= 0.6 is 8.38 Å². The molecule has 4 bridgehead atoms. The third-order valence-electron chi connectivity index (χ3n) is 13.6. The normalized spacial score (nSPS) is 29.5. The summed E-state index contributed by atoms with van der Waals surface area (Å²) in [5, 5.41) is 25.0. The van der Waals surface area contributed by atoms with Crippen LogP contribution in [0.5, 0.6) is 0 Å². The van der Waals surface area contributed by atoms with Gasteiger partial charge in [-0.2, -0.15) is 15.2 Å². The summed E-state index contributed by atoms with van der Waals surface area (Å²) < 4.78 is 40.4. The summed E-state index contributed by atoms with van der Waals surface area (Å²) in [7, 11) is -1.27. The highest BCUT2D eigenvalue weighted by Crippen LogP contribution is 2.68. The quantitative estimate of drug-likeness (QED) is 0.112. The number of anilines is 2. The van der Waals surface area contributed by atoms with Gasteiger partial charge >= 0.3 is 11.4 Å². The van der Waals surface area contributed by atoms with Crippen molar-refractivity contribution in [2.75, 3.05) is 23.9 Å². The molecule has 342 valence electrons. The monoisotopic (exact) mass is 909 g/mol. The molecule has 3 N–H and O–H groups in total. The highest BCUT2D eigenvalue weighted by atomic mass is 31.2. The van der Waals surface area contributed by atoms with E-state index in [0.29, 0.717) is 41.7 Å². The van der Waals surface area contributed by atoms with E-state index in [1.165, 1.54) is 9.13 Å². The minimum atomic E-state index is -1.27. The van der Waals surface area contributed by atoms with E-state index in [1.807, 2.05) is 32.6 Å². The molecule has 2 aromatic carbocycles. The number of aliphatic hydroxyl groups excluding tert-OH is 1. The van der Waals surface area contributed by atoms with Crippen LogP contribution in [-0.2, 0) is 28.0 Å². The Morgan fingerprint density at radius 2 is 1.25 bits per heavy atom. The van der Waals surface area contributed by atoms with E-state index in [0.717, 1.165) is 25.7 Å². The van der Waals surface area contributed by atoms with Crippen LogP contribution in [0.4, 0.5) is 11.6 Å². The number of carbonyl (C=O) groups is 2. The average Bonchev–Trinajstić information content (AvgIpc) is 4.19. The Morgan fingerprint density at radius 3 is 1.72 bits per heavy atom. The van der Waals surface area contributed by atoms with E-state index in [-0.39, 0.29) is 29.9 Å². The Labute approximate surface area is 376 Å². The van der Waals surface area contributed by atoms with Gasteiger partial charge in [0.1, 0.15) is 58.5 Å². The first kappa shape index (κ1) is 45.0. The van der Waals surface area contributed by atoms with Gasteiger partial charge in [-0.15, -0.1) is 0 Å². The minimum absolute atomic E-state index is 0.202. The van der Waals surface area contributed by atoms with Crippen molar-refractivity contribution in [1.82, 2.24) is 19.1 Å². The SMILES string of the molecule is CC[C@]12O[C@@H](n3cc(C)c(NC(=O)c4ccccc4)nc3=O)C(OC13CC3)[C@H]2O.CC[C@]12O[C@@H](n3cc(C)c(NC(=O)c4ccccc4)nc3=O)C(OC13CC3)[C@H]2OP(C)OCCC#N. The summed E-state index contributed by atoms with van der Waals surface area (Å²) in [5.74, 6) is -0.277. The Hall–Kier alpha value is -5.22. The largest absolute Gasteiger partial charge is 0.387 e. The van der Waals surface area contributed by atoms with Gasteiger partial charge in [0.05, 0.1) is 19.1 Å². The van der Waals surface area contributed by atoms with Crippen molar-refractivity contribution in [3.63, 3.8) is 0 Å². The van der Waals surface area contributed by atoms with Gasteiger partial charge in [0, 0.05) is 41.3 Å². The van der Waals surface area contributed by atoms with Gasteiger partial charge in [0.25, 0.3) is 11.8 Å². The van der Waals surface area contributed by atoms with Crippen molar-refractivity contribution < 1.29 is 42.7 Å². The molecule has 6 heterocycles. The third-order valence-corrected chi connectivity index (χ3v) is 14.7. The number of aryl methyl sites for hydroxylation is 2. The van der Waals surface area contributed by atoms with E-state index in [1.54, 1.807) is 74.8 Å². The van der Waals surface area contributed by atoms with Gasteiger partial charge in [0.15, 0.2) is 20.8 Å². The number of amides is 2. The fourth-order valence-electron chi connectivity index (χ4n) is 10.0. The van der Waals surface area contributed by atoms with Crippen molar-refractivity contribution in [2.24, 2.45) is 0 Å². The maximum atomic E-state index is 13.1. The van der Waals surface area contributed by atoms with Crippen molar-refractivity contribution in [3.8, 4) is 6.07 Å². The van der Waals surface area contributed by atoms with E-state index in [2.05, 4.69) is 26.7 Å². The summed E-state index contributed by atoms with van der Waals surface area (Å²) in [4.78, 5) is 59.0. The fraction of sp³-hybridized carbons (Fsp3) is 0.500. The number of nitrogens with one attached hydrogen (secondary N) is 2. The van der Waals surface area contributed by atoms with Gasteiger partial charge in [-0.1, -0.05) is 50.2 Å². The number of carbonyl (C=O) groups excluding carboxylic acids is 2. The van der Waals surface area contributed by atoms with Gasteiger partial charge in [-0.05, 0) is 76.6 Å². The predicted octanol–water partition coefficient (Wildman–Crippen LogP) is 5.44. The van der Waals surface area contributed by atoms with Crippen LogP contribution in [0.3, 0.4) is 0 Å². The standard InChI is InChI=1S/C25H29N4O6P.C21H23N3O5/c1-4-25-19(35-36(3)32-14-8-13-26)18(33-24(25)11-12-24)22(34-25)29-15-16(2)20(28-23(29)31)27-21(30)17-9-6-5-7-10-17;1-3-21-15(25)14(28-20(21)9-10-20)18(29-21)24-11-12(2)16(23-19(24)27)22-17(26)13-7-5-4-6-8-13/h5-7,9-10,15,18-19,22H,4,8,11-12,14H2,1-3H3,(H,27,28,30,31);4-8,11,14-15,18,25H,3,9-10H2,1-2H3,(H,22,23,26,27)/t18?,19-,22-,25-,36?;14?,15-,18-,21-/m11/s1. The second-order valence-corrected chi connectivity index (χ2v) is 18.7. The molecule has 4 saturated heterocycles. The molecule has 6 fully saturated rings. The van der Waals surface area contributed by atoms with Crippen LogP contribution in [0.25, 0.3) is 0 Å². The summed E-state index contributed by atoms with van der Waals surface area (Å²) in [6.07, 6.45) is 4.45. The smallest absolute Gasteiger partial charge is 0.351 e. The topological polar surface area (TPSA) is 227 Å². The van der Waals surface area contributed by atoms with Crippen LogP contribution in [0.15, 0.2) is 82.6 Å². The van der Waals surface area contributed by atoms with Gasteiger partial charge in [-0.3, -0.25) is 18.7 Å².